The summed E-state index contributed by atoms with van der Waals surface area (Å²) in [5.41, 5.74) is 0. The van der Waals surface area contributed by atoms with Crippen molar-refractivity contribution in [1.82, 2.24) is 14.4 Å². The van der Waals surface area contributed by atoms with Gasteiger partial charge in [0.25, 0.3) is 5.89 Å². The Morgan fingerprint density at radius 3 is 2.62 bits per heavy atom. The molecule has 0 bridgehead atoms. The fourth-order valence-corrected chi connectivity index (χ4v) is 3.98. The Bertz CT molecular complexity index is 798. The minimum absolute atomic E-state index is 0.148. The van der Waals surface area contributed by atoms with Crippen molar-refractivity contribution >= 4 is 10.0 Å². The van der Waals surface area contributed by atoms with Gasteiger partial charge in [-0.1, -0.05) is 18.5 Å². The number of benzene rings is 1. The molecule has 1 saturated heterocycles. The molecule has 0 aliphatic carbocycles. The van der Waals surface area contributed by atoms with Gasteiger partial charge in [0, 0.05) is 19.5 Å². The van der Waals surface area contributed by atoms with E-state index in [1.807, 2.05) is 0 Å². The zero-order valence-corrected chi connectivity index (χ0v) is 15.6. The van der Waals surface area contributed by atoms with E-state index >= 15 is 0 Å². The number of aromatic nitrogens is 2. The van der Waals surface area contributed by atoms with E-state index in [4.69, 9.17) is 14.0 Å². The summed E-state index contributed by atoms with van der Waals surface area (Å²) < 4.78 is 42.5. The van der Waals surface area contributed by atoms with Crippen LogP contribution in [0.2, 0.25) is 0 Å². The zero-order chi connectivity index (χ0) is 18.4. The van der Waals surface area contributed by atoms with Crippen LogP contribution in [0.5, 0.6) is 5.75 Å². The summed E-state index contributed by atoms with van der Waals surface area (Å²) in [5.74, 6) is 1.62. The van der Waals surface area contributed by atoms with E-state index in [0.717, 1.165) is 19.3 Å². The highest BCUT2D eigenvalue weighted by atomic mass is 32.2. The number of nitrogens with zero attached hydrogens (tertiary/aromatic N) is 3. The van der Waals surface area contributed by atoms with E-state index < -0.39 is 10.0 Å². The Morgan fingerprint density at radius 1 is 1.19 bits per heavy atom. The standard InChI is InChI=1S/C17H23N3O5S/c1-2-3-4-16-18-17(25-19-16)13-24-14-5-7-15(8-6-14)26(21,22)20-9-11-23-12-10-20/h5-8H,2-4,9-13H2,1H3. The summed E-state index contributed by atoms with van der Waals surface area (Å²) in [6, 6.07) is 6.34. The molecule has 0 radical (unpaired) electrons. The van der Waals surface area contributed by atoms with Gasteiger partial charge >= 0.3 is 0 Å². The third-order valence-corrected chi connectivity index (χ3v) is 5.97. The molecule has 0 saturated carbocycles. The average Bonchev–Trinajstić information content (AvgIpc) is 3.13. The van der Waals surface area contributed by atoms with E-state index in [0.29, 0.717) is 43.8 Å². The minimum atomic E-state index is -3.49. The quantitative estimate of drug-likeness (QED) is 0.690. The predicted molar refractivity (Wildman–Crippen MR) is 93.3 cm³/mol. The Labute approximate surface area is 153 Å². The van der Waals surface area contributed by atoms with Crippen molar-refractivity contribution in [3.8, 4) is 5.75 Å². The van der Waals surface area contributed by atoms with Crippen LogP contribution in [0, 0.1) is 0 Å². The van der Waals surface area contributed by atoms with Crippen LogP contribution in [0.4, 0.5) is 0 Å². The van der Waals surface area contributed by atoms with Crippen molar-refractivity contribution in [3.05, 3.63) is 36.0 Å². The molecule has 142 valence electrons. The first-order chi connectivity index (χ1) is 12.6. The molecule has 1 fully saturated rings. The lowest BCUT2D eigenvalue weighted by Crippen LogP contribution is -2.40. The third-order valence-electron chi connectivity index (χ3n) is 4.06. The number of unbranched alkanes of at least 4 members (excludes halogenated alkanes) is 1. The highest BCUT2D eigenvalue weighted by Gasteiger charge is 2.26. The number of aryl methyl sites for hydroxylation is 1. The Balaban J connectivity index is 1.58. The number of hydrogen-bond acceptors (Lipinski definition) is 7. The fourth-order valence-electron chi connectivity index (χ4n) is 2.57. The van der Waals surface area contributed by atoms with Gasteiger partial charge in [-0.25, -0.2) is 8.42 Å². The summed E-state index contributed by atoms with van der Waals surface area (Å²) in [7, 11) is -3.49. The highest BCUT2D eigenvalue weighted by Crippen LogP contribution is 2.21. The molecule has 1 aromatic carbocycles. The largest absolute Gasteiger partial charge is 0.484 e. The maximum atomic E-state index is 12.6. The number of rotatable bonds is 8. The molecule has 8 nitrogen and oxygen atoms in total. The first-order valence-electron chi connectivity index (χ1n) is 8.72. The number of sulfonamides is 1. The molecular weight excluding hydrogens is 358 g/mol. The van der Waals surface area contributed by atoms with Gasteiger partial charge in [-0.05, 0) is 30.7 Å². The smallest absolute Gasteiger partial charge is 0.264 e. The summed E-state index contributed by atoms with van der Waals surface area (Å²) in [6.45, 7) is 3.84. The maximum absolute atomic E-state index is 12.6. The normalized spacial score (nSPS) is 15.9. The van der Waals surface area contributed by atoms with Gasteiger partial charge in [0.1, 0.15) is 5.75 Å². The summed E-state index contributed by atoms with van der Waals surface area (Å²) in [6.07, 6.45) is 2.87. The van der Waals surface area contributed by atoms with Crippen LogP contribution in [0.1, 0.15) is 31.5 Å². The van der Waals surface area contributed by atoms with Crippen LogP contribution in [-0.4, -0.2) is 49.2 Å². The second-order valence-corrected chi connectivity index (χ2v) is 7.92. The van der Waals surface area contributed by atoms with Gasteiger partial charge in [0.05, 0.1) is 18.1 Å². The molecule has 1 aliphatic rings. The summed E-state index contributed by atoms with van der Waals surface area (Å²) in [5, 5.41) is 3.90. The minimum Gasteiger partial charge on any atom is -0.484 e. The van der Waals surface area contributed by atoms with Crippen LogP contribution in [0.15, 0.2) is 33.7 Å². The van der Waals surface area contributed by atoms with Crippen molar-refractivity contribution < 1.29 is 22.4 Å². The first kappa shape index (κ1) is 18.8. The van der Waals surface area contributed by atoms with Gasteiger partial charge < -0.3 is 14.0 Å². The molecule has 1 aliphatic heterocycles. The SMILES string of the molecule is CCCCc1noc(COc2ccc(S(=O)(=O)N3CCOCC3)cc2)n1. The molecular formula is C17H23N3O5S. The molecule has 2 heterocycles. The molecule has 0 amide bonds. The number of hydrogen-bond donors (Lipinski definition) is 0. The lowest BCUT2D eigenvalue weighted by atomic mass is 10.2. The molecule has 9 heteroatoms. The topological polar surface area (TPSA) is 94.8 Å². The van der Waals surface area contributed by atoms with Gasteiger partial charge in [-0.3, -0.25) is 0 Å². The van der Waals surface area contributed by atoms with Crippen molar-refractivity contribution in [1.29, 1.82) is 0 Å². The lowest BCUT2D eigenvalue weighted by molar-refractivity contribution is 0.0730. The fraction of sp³-hybridized carbons (Fsp3) is 0.529. The van der Waals surface area contributed by atoms with Crippen molar-refractivity contribution in [2.24, 2.45) is 0 Å². The highest BCUT2D eigenvalue weighted by molar-refractivity contribution is 7.89. The predicted octanol–water partition coefficient (Wildman–Crippen LogP) is 2.01. The maximum Gasteiger partial charge on any atom is 0.264 e. The van der Waals surface area contributed by atoms with E-state index in [1.165, 1.54) is 4.31 Å². The van der Waals surface area contributed by atoms with E-state index in [1.54, 1.807) is 24.3 Å². The number of ether oxygens (including phenoxy) is 2. The summed E-state index contributed by atoms with van der Waals surface area (Å²) >= 11 is 0. The van der Waals surface area contributed by atoms with E-state index in [2.05, 4.69) is 17.1 Å². The Kier molecular flexibility index (Phi) is 6.23. The molecule has 0 N–H and O–H groups in total. The van der Waals surface area contributed by atoms with E-state index in [9.17, 15) is 8.42 Å². The van der Waals surface area contributed by atoms with Crippen LogP contribution >= 0.6 is 0 Å². The molecule has 0 atom stereocenters. The Hall–Kier alpha value is -1.97. The van der Waals surface area contributed by atoms with Crippen molar-refractivity contribution in [3.63, 3.8) is 0 Å². The molecule has 0 spiro atoms. The second-order valence-electron chi connectivity index (χ2n) is 5.98. The number of morpholine rings is 1. The molecule has 0 unspecified atom stereocenters. The first-order valence-corrected chi connectivity index (χ1v) is 10.2. The average molecular weight is 381 g/mol. The van der Waals surface area contributed by atoms with Gasteiger partial charge in [-0.2, -0.15) is 9.29 Å². The van der Waals surface area contributed by atoms with Gasteiger partial charge in [0.2, 0.25) is 10.0 Å². The monoisotopic (exact) mass is 381 g/mol. The van der Waals surface area contributed by atoms with Crippen LogP contribution in [-0.2, 0) is 27.8 Å². The van der Waals surface area contributed by atoms with Crippen molar-refractivity contribution in [2.45, 2.75) is 37.7 Å². The second kappa shape index (κ2) is 8.61. The lowest BCUT2D eigenvalue weighted by Gasteiger charge is -2.26. The molecule has 2 aromatic rings. The Morgan fingerprint density at radius 2 is 1.92 bits per heavy atom. The van der Waals surface area contributed by atoms with Gasteiger partial charge in [0.15, 0.2) is 12.4 Å². The van der Waals surface area contributed by atoms with Crippen molar-refractivity contribution in [2.75, 3.05) is 26.3 Å². The van der Waals surface area contributed by atoms with Crippen LogP contribution in [0.3, 0.4) is 0 Å². The molecule has 3 rings (SSSR count). The van der Waals surface area contributed by atoms with Gasteiger partial charge in [-0.15, -0.1) is 0 Å². The molecule has 26 heavy (non-hydrogen) atoms. The molecule has 1 aromatic heterocycles. The third kappa shape index (κ3) is 4.60. The van der Waals surface area contributed by atoms with Crippen LogP contribution in [0.25, 0.3) is 0 Å². The summed E-state index contributed by atoms with van der Waals surface area (Å²) in [4.78, 5) is 4.51. The zero-order valence-electron chi connectivity index (χ0n) is 14.8. The van der Waals surface area contributed by atoms with Crippen LogP contribution < -0.4 is 4.74 Å². The van der Waals surface area contributed by atoms with E-state index in [-0.39, 0.29) is 11.5 Å².